The maximum absolute atomic E-state index is 12.2. The Kier molecular flexibility index (Phi) is 7.08. The van der Waals surface area contributed by atoms with Gasteiger partial charge in [0.1, 0.15) is 0 Å². The summed E-state index contributed by atoms with van der Waals surface area (Å²) in [5.41, 5.74) is 0.867. The second-order valence-corrected chi connectivity index (χ2v) is 9.08. The molecule has 2 amide bonds. The monoisotopic (exact) mass is 413 g/mol. The number of hydrogen-bond donors (Lipinski definition) is 2. The Morgan fingerprint density at radius 3 is 2.27 bits per heavy atom. The van der Waals surface area contributed by atoms with Gasteiger partial charge in [0, 0.05) is 50.4 Å². The third-order valence-corrected chi connectivity index (χ3v) is 5.10. The van der Waals surface area contributed by atoms with E-state index in [9.17, 15) is 9.59 Å². The molecular formula is C22H31N5O3. The van der Waals surface area contributed by atoms with E-state index in [1.807, 2.05) is 26.8 Å². The van der Waals surface area contributed by atoms with Gasteiger partial charge in [-0.1, -0.05) is 0 Å². The lowest BCUT2D eigenvalue weighted by Crippen LogP contribution is -2.61. The Morgan fingerprint density at radius 2 is 1.70 bits per heavy atom. The Labute approximate surface area is 178 Å². The lowest BCUT2D eigenvalue weighted by molar-refractivity contribution is -0.145. The molecule has 0 radical (unpaired) electrons. The van der Waals surface area contributed by atoms with Crippen LogP contribution in [-0.4, -0.2) is 85.2 Å². The summed E-state index contributed by atoms with van der Waals surface area (Å²) in [4.78, 5) is 28.9. The molecule has 0 aromatic heterocycles. The highest BCUT2D eigenvalue weighted by molar-refractivity contribution is 5.94. The number of nitrogens with one attached hydrogen (secondary N) is 2. The van der Waals surface area contributed by atoms with Gasteiger partial charge >= 0.3 is 0 Å². The van der Waals surface area contributed by atoms with E-state index in [0.29, 0.717) is 24.2 Å². The molecule has 3 rings (SSSR count). The van der Waals surface area contributed by atoms with Crippen molar-refractivity contribution in [1.82, 2.24) is 20.4 Å². The lowest BCUT2D eigenvalue weighted by Gasteiger charge is -2.45. The van der Waals surface area contributed by atoms with Crippen LogP contribution in [0.25, 0.3) is 0 Å². The fourth-order valence-electron chi connectivity index (χ4n) is 3.96. The highest BCUT2D eigenvalue weighted by Crippen LogP contribution is 2.19. The van der Waals surface area contributed by atoms with Crippen molar-refractivity contribution in [3.05, 3.63) is 35.4 Å². The van der Waals surface area contributed by atoms with Crippen molar-refractivity contribution in [3.63, 3.8) is 0 Å². The van der Waals surface area contributed by atoms with Gasteiger partial charge in [0.05, 0.1) is 30.4 Å². The highest BCUT2D eigenvalue weighted by Gasteiger charge is 2.35. The minimum atomic E-state index is -0.224. The molecule has 30 heavy (non-hydrogen) atoms. The molecule has 1 aromatic rings. The van der Waals surface area contributed by atoms with Crippen LogP contribution in [0, 0.1) is 11.3 Å². The van der Waals surface area contributed by atoms with Crippen molar-refractivity contribution < 1.29 is 14.3 Å². The van der Waals surface area contributed by atoms with Crippen molar-refractivity contribution >= 4 is 11.8 Å². The third kappa shape index (κ3) is 6.52. The van der Waals surface area contributed by atoms with Crippen molar-refractivity contribution in [1.29, 1.82) is 5.26 Å². The molecule has 2 aliphatic heterocycles. The van der Waals surface area contributed by atoms with Crippen molar-refractivity contribution in [2.24, 2.45) is 0 Å². The summed E-state index contributed by atoms with van der Waals surface area (Å²) >= 11 is 0. The predicted octanol–water partition coefficient (Wildman–Crippen LogP) is 0.588. The minimum absolute atomic E-state index is 0.0462. The van der Waals surface area contributed by atoms with Crippen LogP contribution in [0.15, 0.2) is 24.3 Å². The number of carbonyl (C=O) groups is 2. The van der Waals surface area contributed by atoms with E-state index >= 15 is 0 Å². The minimum Gasteiger partial charge on any atom is -0.370 e. The molecule has 2 unspecified atom stereocenters. The number of nitrogens with zero attached hydrogens (tertiary/aromatic N) is 3. The first-order valence-electron chi connectivity index (χ1n) is 10.4. The summed E-state index contributed by atoms with van der Waals surface area (Å²) in [5.74, 6) is -0.0891. The van der Waals surface area contributed by atoms with Crippen molar-refractivity contribution in [2.75, 3.05) is 45.8 Å². The quantitative estimate of drug-likeness (QED) is 0.708. The van der Waals surface area contributed by atoms with E-state index in [2.05, 4.69) is 20.4 Å². The van der Waals surface area contributed by atoms with E-state index in [1.165, 1.54) is 0 Å². The number of hydrogen-bond acceptors (Lipinski definition) is 6. The van der Waals surface area contributed by atoms with Crippen LogP contribution in [0.3, 0.4) is 0 Å². The number of fused-ring (bicyclic) bond motifs is 2. The lowest BCUT2D eigenvalue weighted by atomic mass is 10.1. The maximum atomic E-state index is 12.2. The molecule has 2 N–H and O–H groups in total. The molecule has 2 heterocycles. The first kappa shape index (κ1) is 22.2. The number of rotatable bonds is 6. The van der Waals surface area contributed by atoms with Crippen molar-refractivity contribution in [2.45, 2.75) is 38.5 Å². The summed E-state index contributed by atoms with van der Waals surface area (Å²) in [6, 6.07) is 8.66. The first-order valence-corrected chi connectivity index (χ1v) is 10.4. The summed E-state index contributed by atoms with van der Waals surface area (Å²) in [6.07, 6.45) is 0.156. The van der Waals surface area contributed by atoms with Crippen LogP contribution in [0.2, 0.25) is 0 Å². The Balaban J connectivity index is 1.40. The zero-order chi connectivity index (χ0) is 21.7. The van der Waals surface area contributed by atoms with Crippen LogP contribution in [-0.2, 0) is 9.53 Å². The van der Waals surface area contributed by atoms with Crippen LogP contribution in [0.4, 0.5) is 0 Å². The summed E-state index contributed by atoms with van der Waals surface area (Å²) in [7, 11) is 0. The van der Waals surface area contributed by atoms with E-state index in [1.54, 1.807) is 24.3 Å². The van der Waals surface area contributed by atoms with Gasteiger partial charge in [-0.15, -0.1) is 0 Å². The second-order valence-electron chi connectivity index (χ2n) is 9.08. The van der Waals surface area contributed by atoms with E-state index < -0.39 is 0 Å². The molecule has 2 saturated heterocycles. The Morgan fingerprint density at radius 1 is 1.10 bits per heavy atom. The molecule has 0 saturated carbocycles. The molecule has 0 spiro atoms. The van der Waals surface area contributed by atoms with E-state index in [4.69, 9.17) is 10.00 Å². The van der Waals surface area contributed by atoms with Crippen LogP contribution < -0.4 is 10.6 Å². The summed E-state index contributed by atoms with van der Waals surface area (Å²) < 4.78 is 6.06. The Hall–Kier alpha value is -2.47. The standard InChI is InChI=1S/C22H31N5O3/c1-22(2,3)25-20(28)15-27-13-18-11-26(12-19(14-27)30-18)9-8-24-21(29)17-6-4-16(10-23)5-7-17/h4-7,18-19H,8-9,11-15H2,1-3H3,(H,24,29)(H,25,28). The van der Waals surface area contributed by atoms with E-state index in [-0.39, 0.29) is 29.6 Å². The van der Waals surface area contributed by atoms with Gasteiger partial charge in [-0.2, -0.15) is 5.26 Å². The van der Waals surface area contributed by atoms with Crippen LogP contribution in [0.5, 0.6) is 0 Å². The molecule has 2 aliphatic rings. The number of ether oxygens (including phenoxy) is 1. The van der Waals surface area contributed by atoms with Gasteiger partial charge in [-0.3, -0.25) is 19.4 Å². The van der Waals surface area contributed by atoms with Gasteiger partial charge in [0.25, 0.3) is 5.91 Å². The predicted molar refractivity (Wildman–Crippen MR) is 113 cm³/mol. The highest BCUT2D eigenvalue weighted by atomic mass is 16.5. The summed E-state index contributed by atoms with van der Waals surface area (Å²) in [5, 5.41) is 14.8. The van der Waals surface area contributed by atoms with Crippen LogP contribution in [0.1, 0.15) is 36.7 Å². The normalized spacial score (nSPS) is 22.2. The third-order valence-electron chi connectivity index (χ3n) is 5.10. The van der Waals surface area contributed by atoms with Gasteiger partial charge in [-0.05, 0) is 45.0 Å². The number of nitriles is 1. The zero-order valence-electron chi connectivity index (χ0n) is 18.0. The fourth-order valence-corrected chi connectivity index (χ4v) is 3.96. The maximum Gasteiger partial charge on any atom is 0.251 e. The topological polar surface area (TPSA) is 97.7 Å². The molecule has 2 atom stereocenters. The Bertz CT molecular complexity index is 782. The number of morpholine rings is 2. The second kappa shape index (κ2) is 9.56. The zero-order valence-corrected chi connectivity index (χ0v) is 18.0. The smallest absolute Gasteiger partial charge is 0.251 e. The number of benzene rings is 1. The average molecular weight is 414 g/mol. The largest absolute Gasteiger partial charge is 0.370 e. The van der Waals surface area contributed by atoms with Gasteiger partial charge < -0.3 is 15.4 Å². The average Bonchev–Trinajstić information content (AvgIpc) is 2.65. The van der Waals surface area contributed by atoms with E-state index in [0.717, 1.165) is 32.7 Å². The molecule has 0 aliphatic carbocycles. The van der Waals surface area contributed by atoms with Crippen LogP contribution >= 0.6 is 0 Å². The summed E-state index contributed by atoms with van der Waals surface area (Å²) in [6.45, 7) is 10.7. The van der Waals surface area contributed by atoms with Gasteiger partial charge in [0.15, 0.2) is 0 Å². The van der Waals surface area contributed by atoms with Crippen molar-refractivity contribution in [3.8, 4) is 6.07 Å². The molecule has 2 bridgehead atoms. The molecule has 1 aromatic carbocycles. The number of carbonyl (C=O) groups excluding carboxylic acids is 2. The molecular weight excluding hydrogens is 382 g/mol. The molecule has 8 heteroatoms. The first-order chi connectivity index (χ1) is 14.2. The SMILES string of the molecule is CC(C)(C)NC(=O)CN1CC2CN(CCNC(=O)c3ccc(C#N)cc3)CC(C1)O2. The van der Waals surface area contributed by atoms with Gasteiger partial charge in [-0.25, -0.2) is 0 Å². The molecule has 8 nitrogen and oxygen atoms in total. The van der Waals surface area contributed by atoms with Gasteiger partial charge in [0.2, 0.25) is 5.91 Å². The molecule has 2 fully saturated rings. The fraction of sp³-hybridized carbons (Fsp3) is 0.591. The molecule has 162 valence electrons. The number of amides is 2.